The molecule has 12 heavy (non-hydrogen) atoms. The van der Waals surface area contributed by atoms with Gasteiger partial charge >= 0.3 is 0 Å². The molecule has 0 saturated carbocycles. The molecule has 0 saturated heterocycles. The molecule has 0 radical (unpaired) electrons. The first-order chi connectivity index (χ1) is 5.61. The highest BCUT2D eigenvalue weighted by molar-refractivity contribution is 5.29. The van der Waals surface area contributed by atoms with Gasteiger partial charge in [-0.05, 0) is 19.9 Å². The standard InChI is InChI=1S/C9H11N3/c1-4-12-8(5-6-11-12)9(2,3)7-10/h4-6H,1H2,2-3H3. The van der Waals surface area contributed by atoms with Crippen LogP contribution >= 0.6 is 0 Å². The van der Waals surface area contributed by atoms with Crippen LogP contribution < -0.4 is 0 Å². The molecule has 3 nitrogen and oxygen atoms in total. The first-order valence-corrected chi connectivity index (χ1v) is 3.69. The Labute approximate surface area is 71.9 Å². The van der Waals surface area contributed by atoms with E-state index in [9.17, 15) is 0 Å². The van der Waals surface area contributed by atoms with Gasteiger partial charge in [-0.2, -0.15) is 10.4 Å². The van der Waals surface area contributed by atoms with Crippen molar-refractivity contribution in [3.63, 3.8) is 0 Å². The van der Waals surface area contributed by atoms with E-state index in [1.54, 1.807) is 17.1 Å². The first-order valence-electron chi connectivity index (χ1n) is 3.69. The Hall–Kier alpha value is -1.56. The zero-order valence-corrected chi connectivity index (χ0v) is 7.28. The Morgan fingerprint density at radius 3 is 2.92 bits per heavy atom. The molecule has 62 valence electrons. The summed E-state index contributed by atoms with van der Waals surface area (Å²) in [7, 11) is 0. The molecule has 0 amide bonds. The zero-order chi connectivity index (χ0) is 9.19. The lowest BCUT2D eigenvalue weighted by Gasteiger charge is -2.14. The van der Waals surface area contributed by atoms with Crippen molar-refractivity contribution in [1.29, 1.82) is 5.26 Å². The monoisotopic (exact) mass is 161 g/mol. The third-order valence-corrected chi connectivity index (χ3v) is 1.76. The molecule has 0 bridgehead atoms. The largest absolute Gasteiger partial charge is 0.244 e. The second-order valence-corrected chi connectivity index (χ2v) is 3.08. The van der Waals surface area contributed by atoms with Crippen LogP contribution in [0, 0.1) is 11.3 Å². The summed E-state index contributed by atoms with van der Waals surface area (Å²) >= 11 is 0. The third kappa shape index (κ3) is 1.24. The van der Waals surface area contributed by atoms with Gasteiger partial charge in [0.25, 0.3) is 0 Å². The van der Waals surface area contributed by atoms with Crippen molar-refractivity contribution in [2.75, 3.05) is 0 Å². The summed E-state index contributed by atoms with van der Waals surface area (Å²) in [6.45, 7) is 7.31. The quantitative estimate of drug-likeness (QED) is 0.663. The molecule has 0 atom stereocenters. The molecule has 0 N–H and O–H groups in total. The van der Waals surface area contributed by atoms with Gasteiger partial charge in [-0.1, -0.05) is 6.58 Å². The van der Waals surface area contributed by atoms with Gasteiger partial charge in [0.1, 0.15) is 0 Å². The van der Waals surface area contributed by atoms with Crippen LogP contribution in [0.4, 0.5) is 0 Å². The predicted octanol–water partition coefficient (Wildman–Crippen LogP) is 1.78. The molecule has 3 heteroatoms. The molecular weight excluding hydrogens is 150 g/mol. The highest BCUT2D eigenvalue weighted by Gasteiger charge is 2.23. The van der Waals surface area contributed by atoms with Crippen LogP contribution in [0.3, 0.4) is 0 Å². The molecule has 0 unspecified atom stereocenters. The van der Waals surface area contributed by atoms with Crippen molar-refractivity contribution in [2.24, 2.45) is 0 Å². The molecule has 1 heterocycles. The zero-order valence-electron chi connectivity index (χ0n) is 7.28. The summed E-state index contributed by atoms with van der Waals surface area (Å²) in [4.78, 5) is 0. The smallest absolute Gasteiger partial charge is 0.0938 e. The van der Waals surface area contributed by atoms with Crippen molar-refractivity contribution in [2.45, 2.75) is 19.3 Å². The molecule has 0 aliphatic rings. The molecule has 0 spiro atoms. The van der Waals surface area contributed by atoms with E-state index in [4.69, 9.17) is 5.26 Å². The summed E-state index contributed by atoms with van der Waals surface area (Å²) in [6, 6.07) is 4.03. The minimum atomic E-state index is -0.509. The van der Waals surface area contributed by atoms with Crippen molar-refractivity contribution < 1.29 is 0 Å². The lowest BCUT2D eigenvalue weighted by molar-refractivity contribution is 0.631. The van der Waals surface area contributed by atoms with Gasteiger partial charge in [0.2, 0.25) is 0 Å². The maximum absolute atomic E-state index is 8.86. The Balaban J connectivity index is 3.20. The van der Waals surface area contributed by atoms with Crippen molar-refractivity contribution in [1.82, 2.24) is 9.78 Å². The highest BCUT2D eigenvalue weighted by Crippen LogP contribution is 2.21. The number of aromatic nitrogens is 2. The Morgan fingerprint density at radius 2 is 2.42 bits per heavy atom. The molecule has 0 aromatic carbocycles. The Bertz CT molecular complexity index is 328. The van der Waals surface area contributed by atoms with Crippen LogP contribution in [0.2, 0.25) is 0 Å². The van der Waals surface area contributed by atoms with Crippen molar-refractivity contribution in [3.8, 4) is 6.07 Å². The van der Waals surface area contributed by atoms with E-state index in [0.29, 0.717) is 0 Å². The topological polar surface area (TPSA) is 41.6 Å². The van der Waals surface area contributed by atoms with Gasteiger partial charge in [0.15, 0.2) is 0 Å². The highest BCUT2D eigenvalue weighted by atomic mass is 15.3. The number of nitrogens with zero attached hydrogens (tertiary/aromatic N) is 3. The Kier molecular flexibility index (Phi) is 2.01. The number of hydrogen-bond donors (Lipinski definition) is 0. The lowest BCUT2D eigenvalue weighted by Crippen LogP contribution is -2.17. The number of nitriles is 1. The molecule has 1 rings (SSSR count). The summed E-state index contributed by atoms with van der Waals surface area (Å²) in [6.07, 6.45) is 3.25. The van der Waals surface area contributed by atoms with Gasteiger partial charge < -0.3 is 0 Å². The van der Waals surface area contributed by atoms with Crippen molar-refractivity contribution in [3.05, 3.63) is 24.5 Å². The number of rotatable bonds is 2. The number of hydrogen-bond acceptors (Lipinski definition) is 2. The maximum atomic E-state index is 8.86. The van der Waals surface area contributed by atoms with Gasteiger partial charge in [-0.3, -0.25) is 0 Å². The van der Waals surface area contributed by atoms with E-state index in [1.807, 2.05) is 19.9 Å². The van der Waals surface area contributed by atoms with E-state index in [0.717, 1.165) is 5.69 Å². The Morgan fingerprint density at radius 1 is 1.75 bits per heavy atom. The fourth-order valence-corrected chi connectivity index (χ4v) is 1.01. The van der Waals surface area contributed by atoms with Crippen LogP contribution in [-0.4, -0.2) is 9.78 Å². The molecular formula is C9H11N3. The fourth-order valence-electron chi connectivity index (χ4n) is 1.01. The summed E-state index contributed by atoms with van der Waals surface area (Å²) in [5.74, 6) is 0. The lowest BCUT2D eigenvalue weighted by atomic mass is 9.91. The second kappa shape index (κ2) is 2.82. The summed E-state index contributed by atoms with van der Waals surface area (Å²) in [5, 5.41) is 12.9. The van der Waals surface area contributed by atoms with Crippen molar-refractivity contribution >= 4 is 6.20 Å². The van der Waals surface area contributed by atoms with Gasteiger partial charge in [-0.25, -0.2) is 4.68 Å². The van der Waals surface area contributed by atoms with E-state index in [1.165, 1.54) is 0 Å². The second-order valence-electron chi connectivity index (χ2n) is 3.08. The average Bonchev–Trinajstić information content (AvgIpc) is 2.52. The average molecular weight is 161 g/mol. The minimum Gasteiger partial charge on any atom is -0.244 e. The van der Waals surface area contributed by atoms with Gasteiger partial charge in [0.05, 0.1) is 17.2 Å². The van der Waals surface area contributed by atoms with Gasteiger partial charge in [-0.15, -0.1) is 0 Å². The van der Waals surface area contributed by atoms with Crippen LogP contribution in [-0.2, 0) is 5.41 Å². The van der Waals surface area contributed by atoms with Crippen LogP contribution in [0.5, 0.6) is 0 Å². The van der Waals surface area contributed by atoms with Crippen LogP contribution in [0.15, 0.2) is 18.8 Å². The van der Waals surface area contributed by atoms with E-state index < -0.39 is 5.41 Å². The minimum absolute atomic E-state index is 0.509. The molecule has 1 aromatic heterocycles. The van der Waals surface area contributed by atoms with E-state index in [2.05, 4.69) is 17.7 Å². The van der Waals surface area contributed by atoms with Gasteiger partial charge in [0, 0.05) is 12.4 Å². The fraction of sp³-hybridized carbons (Fsp3) is 0.333. The summed E-state index contributed by atoms with van der Waals surface area (Å²) < 4.78 is 1.61. The maximum Gasteiger partial charge on any atom is 0.0938 e. The SMILES string of the molecule is C=Cn1nccc1C(C)(C)C#N. The van der Waals surface area contributed by atoms with Crippen LogP contribution in [0.25, 0.3) is 6.20 Å². The van der Waals surface area contributed by atoms with Crippen LogP contribution in [0.1, 0.15) is 19.5 Å². The normalized spacial score (nSPS) is 10.8. The molecule has 0 aliphatic heterocycles. The molecule has 1 aromatic rings. The summed E-state index contributed by atoms with van der Waals surface area (Å²) in [5.41, 5.74) is 0.352. The first kappa shape index (κ1) is 8.54. The predicted molar refractivity (Wildman–Crippen MR) is 47.3 cm³/mol. The third-order valence-electron chi connectivity index (χ3n) is 1.76. The molecule has 0 fully saturated rings. The molecule has 0 aliphatic carbocycles. The van der Waals surface area contributed by atoms with E-state index in [-0.39, 0.29) is 0 Å². The van der Waals surface area contributed by atoms with E-state index >= 15 is 0 Å².